The maximum Gasteiger partial charge on any atom is 0.254 e. The van der Waals surface area contributed by atoms with Crippen LogP contribution < -0.4 is 0 Å². The third-order valence-electron chi connectivity index (χ3n) is 3.77. The van der Waals surface area contributed by atoms with Gasteiger partial charge in [0.15, 0.2) is 0 Å². The van der Waals surface area contributed by atoms with Gasteiger partial charge in [-0.15, -0.1) is 0 Å². The summed E-state index contributed by atoms with van der Waals surface area (Å²) < 4.78 is 2.10. The maximum atomic E-state index is 12.6. The van der Waals surface area contributed by atoms with Gasteiger partial charge in [-0.2, -0.15) is 0 Å². The first-order chi connectivity index (χ1) is 9.27. The molecule has 0 saturated carbocycles. The zero-order valence-electron chi connectivity index (χ0n) is 11.0. The average Bonchev–Trinajstić information content (AvgIpc) is 3.07. The van der Waals surface area contributed by atoms with Crippen LogP contribution in [0.5, 0.6) is 0 Å². The highest BCUT2D eigenvalue weighted by atomic mass is 16.2. The molecule has 0 aliphatic carbocycles. The number of aryl methyl sites for hydroxylation is 1. The standard InChI is InChI=1S/C15H17N3O/c1-17-10-2-4-13(17)14-5-3-11-18(14)15(19)12-6-8-16-9-7-12/h2,4,6-10,14H,3,5,11H2,1H3. The Labute approximate surface area is 112 Å². The second-order valence-corrected chi connectivity index (χ2v) is 4.94. The average molecular weight is 255 g/mol. The van der Waals surface area contributed by atoms with Gasteiger partial charge in [0.1, 0.15) is 0 Å². The van der Waals surface area contributed by atoms with Crippen molar-refractivity contribution >= 4 is 5.91 Å². The van der Waals surface area contributed by atoms with Crippen molar-refractivity contribution in [3.8, 4) is 0 Å². The van der Waals surface area contributed by atoms with Crippen molar-refractivity contribution in [2.75, 3.05) is 6.54 Å². The van der Waals surface area contributed by atoms with Crippen molar-refractivity contribution in [3.05, 3.63) is 54.1 Å². The fourth-order valence-electron chi connectivity index (χ4n) is 2.80. The third kappa shape index (κ3) is 2.14. The number of likely N-dealkylation sites (tertiary alicyclic amines) is 1. The number of aromatic nitrogens is 2. The van der Waals surface area contributed by atoms with E-state index in [2.05, 4.69) is 15.6 Å². The van der Waals surface area contributed by atoms with Crippen molar-refractivity contribution in [3.63, 3.8) is 0 Å². The highest BCUT2D eigenvalue weighted by molar-refractivity contribution is 5.94. The summed E-state index contributed by atoms with van der Waals surface area (Å²) in [6.45, 7) is 0.830. The van der Waals surface area contributed by atoms with E-state index in [9.17, 15) is 4.79 Å². The number of carbonyl (C=O) groups is 1. The number of rotatable bonds is 2. The van der Waals surface area contributed by atoms with Crippen LogP contribution in [0.3, 0.4) is 0 Å². The molecule has 0 radical (unpaired) electrons. The summed E-state index contributed by atoms with van der Waals surface area (Å²) in [6, 6.07) is 7.89. The number of carbonyl (C=O) groups excluding carboxylic acids is 1. The van der Waals surface area contributed by atoms with Gasteiger partial charge in [0, 0.05) is 43.4 Å². The lowest BCUT2D eigenvalue weighted by Gasteiger charge is -2.25. The smallest absolute Gasteiger partial charge is 0.254 e. The van der Waals surface area contributed by atoms with Gasteiger partial charge in [0.25, 0.3) is 5.91 Å². The minimum absolute atomic E-state index is 0.103. The maximum absolute atomic E-state index is 12.6. The summed E-state index contributed by atoms with van der Waals surface area (Å²) >= 11 is 0. The van der Waals surface area contributed by atoms with Gasteiger partial charge in [0.2, 0.25) is 0 Å². The Morgan fingerprint density at radius 1 is 1.32 bits per heavy atom. The van der Waals surface area contributed by atoms with Crippen LogP contribution >= 0.6 is 0 Å². The Hall–Kier alpha value is -2.10. The summed E-state index contributed by atoms with van der Waals surface area (Å²) in [4.78, 5) is 18.5. The van der Waals surface area contributed by atoms with Crippen molar-refractivity contribution < 1.29 is 4.79 Å². The summed E-state index contributed by atoms with van der Waals surface area (Å²) in [6.07, 6.45) is 7.46. The Balaban J connectivity index is 1.88. The predicted molar refractivity (Wildman–Crippen MR) is 72.7 cm³/mol. The predicted octanol–water partition coefficient (Wildman–Crippen LogP) is 2.40. The van der Waals surface area contributed by atoms with Gasteiger partial charge >= 0.3 is 0 Å². The number of hydrogen-bond donors (Lipinski definition) is 0. The first-order valence-electron chi connectivity index (χ1n) is 6.59. The highest BCUT2D eigenvalue weighted by Crippen LogP contribution is 2.32. The molecule has 1 unspecified atom stereocenters. The number of hydrogen-bond acceptors (Lipinski definition) is 2. The highest BCUT2D eigenvalue weighted by Gasteiger charge is 2.31. The van der Waals surface area contributed by atoms with Gasteiger partial charge in [-0.1, -0.05) is 0 Å². The molecule has 1 atom stereocenters. The topological polar surface area (TPSA) is 38.1 Å². The molecule has 1 fully saturated rings. The first-order valence-corrected chi connectivity index (χ1v) is 6.59. The Kier molecular flexibility index (Phi) is 3.07. The van der Waals surface area contributed by atoms with Gasteiger partial charge in [-0.05, 0) is 37.1 Å². The molecule has 1 aliphatic heterocycles. The molecule has 0 spiro atoms. The number of pyridine rings is 1. The molecular weight excluding hydrogens is 238 g/mol. The van der Waals surface area contributed by atoms with Crippen molar-refractivity contribution in [1.82, 2.24) is 14.5 Å². The molecule has 2 aromatic rings. The molecule has 19 heavy (non-hydrogen) atoms. The normalized spacial score (nSPS) is 18.8. The fourth-order valence-corrected chi connectivity index (χ4v) is 2.80. The van der Waals surface area contributed by atoms with E-state index in [-0.39, 0.29) is 11.9 Å². The molecule has 3 heterocycles. The Morgan fingerprint density at radius 3 is 2.79 bits per heavy atom. The van der Waals surface area contributed by atoms with E-state index in [0.717, 1.165) is 24.9 Å². The van der Waals surface area contributed by atoms with E-state index in [0.29, 0.717) is 0 Å². The minimum atomic E-state index is 0.103. The molecule has 98 valence electrons. The second-order valence-electron chi connectivity index (χ2n) is 4.94. The lowest BCUT2D eigenvalue weighted by Crippen LogP contribution is -2.31. The summed E-state index contributed by atoms with van der Waals surface area (Å²) in [5.74, 6) is 0.103. The van der Waals surface area contributed by atoms with Crippen molar-refractivity contribution in [2.24, 2.45) is 7.05 Å². The van der Waals surface area contributed by atoms with Crippen LogP contribution in [0.15, 0.2) is 42.9 Å². The number of nitrogens with zero attached hydrogens (tertiary/aromatic N) is 3. The molecule has 4 nitrogen and oxygen atoms in total. The second kappa shape index (κ2) is 4.88. The molecule has 3 rings (SSSR count). The molecule has 1 amide bonds. The largest absolute Gasteiger partial charge is 0.353 e. The Bertz CT molecular complexity index is 576. The van der Waals surface area contributed by atoms with E-state index in [1.54, 1.807) is 24.5 Å². The SMILES string of the molecule is Cn1cccc1C1CCCN1C(=O)c1ccncc1. The molecule has 1 saturated heterocycles. The van der Waals surface area contributed by atoms with Crippen LogP contribution in [0.25, 0.3) is 0 Å². The number of amides is 1. The lowest BCUT2D eigenvalue weighted by atomic mass is 10.1. The summed E-state index contributed by atoms with van der Waals surface area (Å²) in [5, 5.41) is 0. The molecular formula is C15H17N3O. The molecule has 0 N–H and O–H groups in total. The van der Waals surface area contributed by atoms with Gasteiger partial charge in [-0.3, -0.25) is 9.78 Å². The molecule has 0 aromatic carbocycles. The van der Waals surface area contributed by atoms with Crippen LogP contribution in [-0.4, -0.2) is 26.9 Å². The molecule has 0 bridgehead atoms. The third-order valence-corrected chi connectivity index (χ3v) is 3.77. The zero-order chi connectivity index (χ0) is 13.2. The van der Waals surface area contributed by atoms with E-state index >= 15 is 0 Å². The molecule has 4 heteroatoms. The van der Waals surface area contributed by atoms with Gasteiger partial charge in [0.05, 0.1) is 6.04 Å². The van der Waals surface area contributed by atoms with E-state index < -0.39 is 0 Å². The van der Waals surface area contributed by atoms with Crippen molar-refractivity contribution in [2.45, 2.75) is 18.9 Å². The van der Waals surface area contributed by atoms with Crippen LogP contribution in [0, 0.1) is 0 Å². The Morgan fingerprint density at radius 2 is 2.11 bits per heavy atom. The molecule has 2 aromatic heterocycles. The zero-order valence-corrected chi connectivity index (χ0v) is 11.0. The van der Waals surface area contributed by atoms with Crippen LogP contribution in [0.1, 0.15) is 34.9 Å². The monoisotopic (exact) mass is 255 g/mol. The summed E-state index contributed by atoms with van der Waals surface area (Å²) in [7, 11) is 2.03. The van der Waals surface area contributed by atoms with E-state index in [4.69, 9.17) is 0 Å². The van der Waals surface area contributed by atoms with E-state index in [1.165, 1.54) is 5.69 Å². The first kappa shape index (κ1) is 12.0. The van der Waals surface area contributed by atoms with Crippen molar-refractivity contribution in [1.29, 1.82) is 0 Å². The van der Waals surface area contributed by atoms with Gasteiger partial charge < -0.3 is 9.47 Å². The van der Waals surface area contributed by atoms with Crippen LogP contribution in [0.4, 0.5) is 0 Å². The minimum Gasteiger partial charge on any atom is -0.353 e. The lowest BCUT2D eigenvalue weighted by molar-refractivity contribution is 0.0731. The fraction of sp³-hybridized carbons (Fsp3) is 0.333. The van der Waals surface area contributed by atoms with Crippen LogP contribution in [0.2, 0.25) is 0 Å². The molecule has 1 aliphatic rings. The van der Waals surface area contributed by atoms with E-state index in [1.807, 2.05) is 24.2 Å². The quantitative estimate of drug-likeness (QED) is 0.826. The summed E-state index contributed by atoms with van der Waals surface area (Å²) in [5.41, 5.74) is 1.93. The van der Waals surface area contributed by atoms with Gasteiger partial charge in [-0.25, -0.2) is 0 Å². The van der Waals surface area contributed by atoms with Crippen LogP contribution in [-0.2, 0) is 7.05 Å².